The van der Waals surface area contributed by atoms with E-state index in [1.807, 2.05) is 12.1 Å². The lowest BCUT2D eigenvalue weighted by Gasteiger charge is -2.60. The number of benzene rings is 2. The lowest BCUT2D eigenvalue weighted by Crippen LogP contribution is -2.55. The molecule has 0 heterocycles. The first-order valence-electron chi connectivity index (χ1n) is 18.9. The highest BCUT2D eigenvalue weighted by atomic mass is 16.6. The molecule has 0 aliphatic rings. The predicted molar refractivity (Wildman–Crippen MR) is 205 cm³/mol. The predicted octanol–water partition coefficient (Wildman–Crippen LogP) is 11.3. The van der Waals surface area contributed by atoms with Crippen LogP contribution in [0, 0.1) is 16.2 Å². The second kappa shape index (κ2) is 17.3. The summed E-state index contributed by atoms with van der Waals surface area (Å²) in [5.74, 6) is 0.428. The van der Waals surface area contributed by atoms with Gasteiger partial charge in [-0.05, 0) is 114 Å². The Kier molecular flexibility index (Phi) is 14.9. The largest absolute Gasteiger partial charge is 0.507 e. The molecule has 0 radical (unpaired) electrons. The number of phenols is 1. The fourth-order valence-corrected chi connectivity index (χ4v) is 8.85. The van der Waals surface area contributed by atoms with Gasteiger partial charge < -0.3 is 19.9 Å². The summed E-state index contributed by atoms with van der Waals surface area (Å²) in [6.45, 7) is 28.9. The van der Waals surface area contributed by atoms with Crippen molar-refractivity contribution in [3.8, 4) is 11.5 Å². The van der Waals surface area contributed by atoms with E-state index in [-0.39, 0.29) is 45.6 Å². The monoisotopic (exact) mass is 680 g/mol. The molecular formula is C43H69NO5. The summed E-state index contributed by atoms with van der Waals surface area (Å²) < 4.78 is 11.8. The van der Waals surface area contributed by atoms with E-state index in [1.165, 1.54) is 0 Å². The van der Waals surface area contributed by atoms with E-state index >= 15 is 0 Å². The van der Waals surface area contributed by atoms with Crippen molar-refractivity contribution in [2.75, 3.05) is 18.5 Å². The number of hydrogen-bond acceptors (Lipinski definition) is 5. The Bertz CT molecular complexity index is 1310. The molecule has 2 N–H and O–H groups in total. The van der Waals surface area contributed by atoms with Gasteiger partial charge in [-0.15, -0.1) is 0 Å². The molecule has 0 fully saturated rings. The van der Waals surface area contributed by atoms with Crippen LogP contribution in [-0.4, -0.2) is 30.2 Å². The molecule has 0 bridgehead atoms. The number of esters is 1. The van der Waals surface area contributed by atoms with Gasteiger partial charge >= 0.3 is 5.97 Å². The number of aryl methyl sites for hydroxylation is 1. The Morgan fingerprint density at radius 1 is 0.694 bits per heavy atom. The van der Waals surface area contributed by atoms with Gasteiger partial charge in [0.2, 0.25) is 5.91 Å². The van der Waals surface area contributed by atoms with Crippen LogP contribution in [0.1, 0.15) is 158 Å². The first-order chi connectivity index (χ1) is 22.9. The number of carbonyl (C=O) groups excluding carboxylic acids is 2. The average molecular weight is 680 g/mol. The van der Waals surface area contributed by atoms with Gasteiger partial charge in [-0.3, -0.25) is 4.79 Å². The van der Waals surface area contributed by atoms with Gasteiger partial charge in [-0.25, -0.2) is 4.79 Å². The lowest BCUT2D eigenvalue weighted by molar-refractivity contribution is -0.169. The molecule has 2 rings (SSSR count). The molecular weight excluding hydrogens is 610 g/mol. The van der Waals surface area contributed by atoms with Crippen molar-refractivity contribution in [2.24, 2.45) is 16.2 Å². The van der Waals surface area contributed by atoms with Crippen molar-refractivity contribution in [2.45, 2.75) is 159 Å². The standard InChI is InChI=1S/C43H69NO5/c1-14-41(15-2,16-3)43(19-6,20-7)42(17-4,18-5)30-49-37(46)29-48-33-24-22-32(23-25-33)44-36(45)26-21-31-27-34(39(8,9)10)38(47)35(28-31)40(11,12)13/h22-25,27-28,47H,14-21,26,29-30H2,1-13H3,(H,44,45). The summed E-state index contributed by atoms with van der Waals surface area (Å²) in [6, 6.07) is 11.1. The Balaban J connectivity index is 2.04. The minimum atomic E-state index is -0.363. The minimum Gasteiger partial charge on any atom is -0.507 e. The van der Waals surface area contributed by atoms with Crippen molar-refractivity contribution in [3.63, 3.8) is 0 Å². The quantitative estimate of drug-likeness (QED) is 0.153. The highest BCUT2D eigenvalue weighted by Crippen LogP contribution is 2.63. The molecule has 0 aliphatic carbocycles. The summed E-state index contributed by atoms with van der Waals surface area (Å²) in [4.78, 5) is 25.9. The van der Waals surface area contributed by atoms with Gasteiger partial charge in [-0.2, -0.15) is 0 Å². The lowest BCUT2D eigenvalue weighted by atomic mass is 9.44. The van der Waals surface area contributed by atoms with Crippen LogP contribution in [0.2, 0.25) is 0 Å². The van der Waals surface area contributed by atoms with Crippen molar-refractivity contribution >= 4 is 17.6 Å². The number of phenolic OH excluding ortho intramolecular Hbond substituents is 1. The third-order valence-electron chi connectivity index (χ3n) is 12.1. The molecule has 0 atom stereocenters. The maximum absolute atomic E-state index is 13.0. The zero-order valence-electron chi connectivity index (χ0n) is 33.3. The molecule has 2 aromatic rings. The van der Waals surface area contributed by atoms with Crippen molar-refractivity contribution in [3.05, 3.63) is 53.1 Å². The number of nitrogens with one attached hydrogen (secondary N) is 1. The smallest absolute Gasteiger partial charge is 0.344 e. The molecule has 49 heavy (non-hydrogen) atoms. The van der Waals surface area contributed by atoms with Crippen molar-refractivity contribution < 1.29 is 24.2 Å². The molecule has 0 saturated carbocycles. The first kappa shape index (κ1) is 42.1. The number of carbonyl (C=O) groups is 2. The van der Waals surface area contributed by atoms with Crippen LogP contribution in [0.15, 0.2) is 36.4 Å². The molecule has 276 valence electrons. The Morgan fingerprint density at radius 3 is 1.57 bits per heavy atom. The van der Waals surface area contributed by atoms with E-state index in [4.69, 9.17) is 9.47 Å². The van der Waals surface area contributed by atoms with Crippen LogP contribution in [0.5, 0.6) is 11.5 Å². The van der Waals surface area contributed by atoms with Crippen molar-refractivity contribution in [1.29, 1.82) is 0 Å². The normalized spacial score (nSPS) is 12.9. The second-order valence-corrected chi connectivity index (χ2v) is 16.2. The van der Waals surface area contributed by atoms with Crippen LogP contribution in [-0.2, 0) is 31.6 Å². The van der Waals surface area contributed by atoms with E-state index in [9.17, 15) is 14.7 Å². The van der Waals surface area contributed by atoms with Gasteiger partial charge in [0.15, 0.2) is 6.61 Å². The van der Waals surface area contributed by atoms with Gasteiger partial charge in [0, 0.05) is 17.5 Å². The third kappa shape index (κ3) is 9.41. The summed E-state index contributed by atoms with van der Waals surface area (Å²) in [5.41, 5.74) is 3.19. The Hall–Kier alpha value is -3.02. The zero-order chi connectivity index (χ0) is 37.3. The Morgan fingerprint density at radius 2 is 1.16 bits per heavy atom. The van der Waals surface area contributed by atoms with Gasteiger partial charge in [0.25, 0.3) is 0 Å². The van der Waals surface area contributed by atoms with Crippen LogP contribution in [0.3, 0.4) is 0 Å². The highest BCUT2D eigenvalue weighted by molar-refractivity contribution is 5.90. The van der Waals surface area contributed by atoms with Gasteiger partial charge in [0.05, 0.1) is 6.61 Å². The summed E-state index contributed by atoms with van der Waals surface area (Å²) in [5, 5.41) is 14.0. The second-order valence-electron chi connectivity index (χ2n) is 16.2. The SMILES string of the molecule is CCC(CC)(CC)C(CC)(CC)C(CC)(CC)COC(=O)COc1ccc(NC(=O)CCc2cc(C(C)(C)C)c(O)c(C(C)(C)C)c2)cc1. The van der Waals surface area contributed by atoms with E-state index in [2.05, 4.69) is 95.3 Å². The average Bonchev–Trinajstić information content (AvgIpc) is 3.06. The van der Waals surface area contributed by atoms with Crippen LogP contribution in [0.25, 0.3) is 0 Å². The number of rotatable bonds is 18. The number of ether oxygens (including phenoxy) is 2. The van der Waals surface area contributed by atoms with Crippen LogP contribution < -0.4 is 10.1 Å². The Labute approximate surface area is 299 Å². The molecule has 0 aromatic heterocycles. The van der Waals surface area contributed by atoms with Gasteiger partial charge in [0.1, 0.15) is 11.5 Å². The topological polar surface area (TPSA) is 84.9 Å². The van der Waals surface area contributed by atoms with E-state index in [0.717, 1.165) is 61.6 Å². The molecule has 0 unspecified atom stereocenters. The fraction of sp³-hybridized carbons (Fsp3) is 0.674. The number of hydrogen-bond donors (Lipinski definition) is 2. The third-order valence-corrected chi connectivity index (χ3v) is 12.1. The van der Waals surface area contributed by atoms with E-state index in [0.29, 0.717) is 36.6 Å². The zero-order valence-corrected chi connectivity index (χ0v) is 33.3. The maximum Gasteiger partial charge on any atom is 0.344 e. The highest BCUT2D eigenvalue weighted by Gasteiger charge is 2.57. The summed E-state index contributed by atoms with van der Waals surface area (Å²) in [6.07, 6.45) is 8.26. The molecule has 6 heteroatoms. The fourth-order valence-electron chi connectivity index (χ4n) is 8.85. The van der Waals surface area contributed by atoms with Crippen molar-refractivity contribution in [1.82, 2.24) is 0 Å². The van der Waals surface area contributed by atoms with Crippen LogP contribution >= 0.6 is 0 Å². The molecule has 0 aliphatic heterocycles. The molecule has 2 aromatic carbocycles. The number of amides is 1. The molecule has 0 saturated heterocycles. The summed E-state index contributed by atoms with van der Waals surface area (Å²) >= 11 is 0. The summed E-state index contributed by atoms with van der Waals surface area (Å²) in [7, 11) is 0. The minimum absolute atomic E-state index is 0.0674. The number of anilines is 1. The molecule has 1 amide bonds. The van der Waals surface area contributed by atoms with Crippen LogP contribution in [0.4, 0.5) is 5.69 Å². The molecule has 0 spiro atoms. The van der Waals surface area contributed by atoms with E-state index < -0.39 is 0 Å². The van der Waals surface area contributed by atoms with Gasteiger partial charge in [-0.1, -0.05) is 102 Å². The van der Waals surface area contributed by atoms with E-state index in [1.54, 1.807) is 24.3 Å². The first-order valence-corrected chi connectivity index (χ1v) is 18.9. The maximum atomic E-state index is 13.0. The number of aromatic hydroxyl groups is 1. The molecule has 6 nitrogen and oxygen atoms in total.